The van der Waals surface area contributed by atoms with Gasteiger partial charge in [0.15, 0.2) is 0 Å². The van der Waals surface area contributed by atoms with E-state index in [1.165, 1.54) is 10.4 Å². The first kappa shape index (κ1) is 12.5. The summed E-state index contributed by atoms with van der Waals surface area (Å²) in [7, 11) is 0. The van der Waals surface area contributed by atoms with E-state index in [0.717, 1.165) is 23.3 Å². The number of halogens is 2. The van der Waals surface area contributed by atoms with Crippen LogP contribution in [0, 0.1) is 0 Å². The van der Waals surface area contributed by atoms with Gasteiger partial charge in [0.05, 0.1) is 11.1 Å². The molecule has 1 unspecified atom stereocenters. The number of anilines is 1. The van der Waals surface area contributed by atoms with Gasteiger partial charge in [-0.2, -0.15) is 0 Å². The second kappa shape index (κ2) is 4.83. The summed E-state index contributed by atoms with van der Waals surface area (Å²) >= 11 is 11.5. The van der Waals surface area contributed by atoms with E-state index >= 15 is 0 Å². The average Bonchev–Trinajstić information content (AvgIpc) is 2.80. The fourth-order valence-corrected chi connectivity index (χ4v) is 4.12. The van der Waals surface area contributed by atoms with E-state index in [1.54, 1.807) is 6.20 Å². The summed E-state index contributed by atoms with van der Waals surface area (Å²) < 4.78 is 0.914. The quantitative estimate of drug-likeness (QED) is 0.747. The SMILES string of the molecule is CC1c2ccsc2CCN1c1ncc(Br)cc1Cl. The molecular formula is C13H12BrClN2S. The van der Waals surface area contributed by atoms with E-state index in [-0.39, 0.29) is 0 Å². The van der Waals surface area contributed by atoms with E-state index < -0.39 is 0 Å². The number of aromatic nitrogens is 1. The molecule has 3 rings (SSSR count). The van der Waals surface area contributed by atoms with Gasteiger partial charge < -0.3 is 4.90 Å². The molecule has 3 heterocycles. The van der Waals surface area contributed by atoms with Crippen LogP contribution in [0.25, 0.3) is 0 Å². The highest BCUT2D eigenvalue weighted by Gasteiger charge is 2.26. The molecule has 0 spiro atoms. The van der Waals surface area contributed by atoms with Crippen molar-refractivity contribution in [2.45, 2.75) is 19.4 Å². The lowest BCUT2D eigenvalue weighted by molar-refractivity contribution is 0.625. The summed E-state index contributed by atoms with van der Waals surface area (Å²) in [5, 5.41) is 2.87. The Balaban J connectivity index is 1.99. The van der Waals surface area contributed by atoms with Crippen molar-refractivity contribution in [1.82, 2.24) is 4.98 Å². The maximum Gasteiger partial charge on any atom is 0.147 e. The predicted octanol–water partition coefficient (Wildman–Crippen LogP) is 4.68. The molecule has 2 nitrogen and oxygen atoms in total. The number of hydrogen-bond acceptors (Lipinski definition) is 3. The molecule has 0 aliphatic carbocycles. The van der Waals surface area contributed by atoms with Crippen LogP contribution in [0.1, 0.15) is 23.4 Å². The fourth-order valence-electron chi connectivity index (χ4n) is 2.42. The number of fused-ring (bicyclic) bond motifs is 1. The summed E-state index contributed by atoms with van der Waals surface area (Å²) in [6.45, 7) is 3.19. The van der Waals surface area contributed by atoms with Crippen LogP contribution < -0.4 is 4.90 Å². The Morgan fingerprint density at radius 2 is 2.39 bits per heavy atom. The maximum atomic E-state index is 6.30. The van der Waals surface area contributed by atoms with Gasteiger partial charge in [0, 0.05) is 22.1 Å². The molecule has 0 saturated carbocycles. The number of rotatable bonds is 1. The van der Waals surface area contributed by atoms with Crippen molar-refractivity contribution in [3.8, 4) is 0 Å². The second-order valence-electron chi connectivity index (χ2n) is 4.38. The van der Waals surface area contributed by atoms with Crippen LogP contribution in [0.2, 0.25) is 5.02 Å². The molecule has 0 radical (unpaired) electrons. The van der Waals surface area contributed by atoms with E-state index in [4.69, 9.17) is 11.6 Å². The lowest BCUT2D eigenvalue weighted by Gasteiger charge is -2.35. The standard InChI is InChI=1S/C13H12BrClN2S/c1-8-10-3-5-18-12(10)2-4-17(8)13-11(15)6-9(14)7-16-13/h3,5-8H,2,4H2,1H3. The molecule has 2 aromatic heterocycles. The van der Waals surface area contributed by atoms with Crippen molar-refractivity contribution in [3.05, 3.63) is 43.6 Å². The van der Waals surface area contributed by atoms with Gasteiger partial charge in [-0.15, -0.1) is 11.3 Å². The van der Waals surface area contributed by atoms with Crippen LogP contribution in [-0.2, 0) is 6.42 Å². The molecule has 0 bridgehead atoms. The smallest absolute Gasteiger partial charge is 0.147 e. The van der Waals surface area contributed by atoms with Crippen molar-refractivity contribution in [2.75, 3.05) is 11.4 Å². The monoisotopic (exact) mass is 342 g/mol. The van der Waals surface area contributed by atoms with Gasteiger partial charge in [0.1, 0.15) is 5.82 Å². The molecule has 18 heavy (non-hydrogen) atoms. The van der Waals surface area contributed by atoms with Crippen LogP contribution in [0.15, 0.2) is 28.2 Å². The summed E-state index contributed by atoms with van der Waals surface area (Å²) in [5.41, 5.74) is 1.41. The minimum Gasteiger partial charge on any atom is -0.348 e. The van der Waals surface area contributed by atoms with Crippen molar-refractivity contribution in [2.24, 2.45) is 0 Å². The molecule has 0 N–H and O–H groups in total. The molecule has 2 aromatic rings. The van der Waals surface area contributed by atoms with Gasteiger partial charge >= 0.3 is 0 Å². The summed E-state index contributed by atoms with van der Waals surface area (Å²) in [6, 6.07) is 4.45. The van der Waals surface area contributed by atoms with E-state index in [2.05, 4.69) is 44.2 Å². The van der Waals surface area contributed by atoms with E-state index in [0.29, 0.717) is 11.1 Å². The lowest BCUT2D eigenvalue weighted by atomic mass is 10.0. The molecule has 0 amide bonds. The lowest BCUT2D eigenvalue weighted by Crippen LogP contribution is -2.33. The Bertz CT molecular complexity index is 584. The van der Waals surface area contributed by atoms with E-state index in [1.807, 2.05) is 17.4 Å². The van der Waals surface area contributed by atoms with E-state index in [9.17, 15) is 0 Å². The van der Waals surface area contributed by atoms with Crippen molar-refractivity contribution < 1.29 is 0 Å². The van der Waals surface area contributed by atoms with Gasteiger partial charge in [-0.25, -0.2) is 4.98 Å². The molecule has 1 aliphatic rings. The Kier molecular flexibility index (Phi) is 3.34. The number of thiophene rings is 1. The number of hydrogen-bond donors (Lipinski definition) is 0. The number of nitrogens with zero attached hydrogens (tertiary/aromatic N) is 2. The van der Waals surface area contributed by atoms with Crippen LogP contribution in [0.5, 0.6) is 0 Å². The first-order chi connectivity index (χ1) is 8.66. The fraction of sp³-hybridized carbons (Fsp3) is 0.308. The van der Waals surface area contributed by atoms with Gasteiger partial charge in [0.25, 0.3) is 0 Å². The van der Waals surface area contributed by atoms with Crippen molar-refractivity contribution in [1.29, 1.82) is 0 Å². The number of pyridine rings is 1. The highest BCUT2D eigenvalue weighted by Crippen LogP contribution is 2.38. The minimum absolute atomic E-state index is 0.339. The first-order valence-corrected chi connectivity index (χ1v) is 7.86. The van der Waals surface area contributed by atoms with Crippen LogP contribution >= 0.6 is 38.9 Å². The molecule has 0 fully saturated rings. The maximum absolute atomic E-state index is 6.30. The molecule has 1 aliphatic heterocycles. The summed E-state index contributed by atoms with van der Waals surface area (Å²) in [5.74, 6) is 0.879. The van der Waals surface area contributed by atoms with Crippen LogP contribution in [0.4, 0.5) is 5.82 Å². The largest absolute Gasteiger partial charge is 0.348 e. The minimum atomic E-state index is 0.339. The third kappa shape index (κ3) is 2.06. The third-order valence-corrected chi connectivity index (χ3v) is 5.05. The Labute approximate surface area is 124 Å². The normalized spacial score (nSPS) is 18.8. The molecule has 0 aromatic carbocycles. The molecule has 1 atom stereocenters. The average molecular weight is 344 g/mol. The zero-order chi connectivity index (χ0) is 12.7. The highest BCUT2D eigenvalue weighted by atomic mass is 79.9. The predicted molar refractivity (Wildman–Crippen MR) is 80.7 cm³/mol. The van der Waals surface area contributed by atoms with Gasteiger partial charge in [-0.1, -0.05) is 11.6 Å². The Hall–Kier alpha value is -0.580. The summed E-state index contributed by atoms with van der Waals surface area (Å²) in [6.07, 6.45) is 2.88. The molecule has 0 saturated heterocycles. The van der Waals surface area contributed by atoms with Gasteiger partial charge in [0.2, 0.25) is 0 Å². The topological polar surface area (TPSA) is 16.1 Å². The van der Waals surface area contributed by atoms with Crippen molar-refractivity contribution >= 4 is 44.7 Å². The zero-order valence-corrected chi connectivity index (χ0v) is 13.0. The molecular weight excluding hydrogens is 332 g/mol. The molecule has 5 heteroatoms. The van der Waals surface area contributed by atoms with Crippen LogP contribution in [-0.4, -0.2) is 11.5 Å². The van der Waals surface area contributed by atoms with Crippen LogP contribution in [0.3, 0.4) is 0 Å². The van der Waals surface area contributed by atoms with Crippen molar-refractivity contribution in [3.63, 3.8) is 0 Å². The summed E-state index contributed by atoms with van der Waals surface area (Å²) in [4.78, 5) is 8.23. The Morgan fingerprint density at radius 1 is 1.56 bits per heavy atom. The second-order valence-corrected chi connectivity index (χ2v) is 6.70. The highest BCUT2D eigenvalue weighted by molar-refractivity contribution is 9.10. The third-order valence-electron chi connectivity index (χ3n) is 3.34. The van der Waals surface area contributed by atoms with Gasteiger partial charge in [-0.05, 0) is 52.4 Å². The molecule has 94 valence electrons. The van der Waals surface area contributed by atoms with Gasteiger partial charge in [-0.3, -0.25) is 0 Å². The first-order valence-electron chi connectivity index (χ1n) is 5.81. The Morgan fingerprint density at radius 3 is 3.17 bits per heavy atom. The zero-order valence-electron chi connectivity index (χ0n) is 9.86.